The van der Waals surface area contributed by atoms with Crippen LogP contribution in [-0.2, 0) is 0 Å². The van der Waals surface area contributed by atoms with E-state index in [1.54, 1.807) is 0 Å². The van der Waals surface area contributed by atoms with Crippen LogP contribution in [0.15, 0.2) is 24.3 Å². The summed E-state index contributed by atoms with van der Waals surface area (Å²) in [7, 11) is 0. The van der Waals surface area contributed by atoms with Crippen molar-refractivity contribution in [1.82, 2.24) is 9.80 Å². The predicted molar refractivity (Wildman–Crippen MR) is 116 cm³/mol. The van der Waals surface area contributed by atoms with E-state index in [4.69, 9.17) is 17.0 Å². The molecule has 27 heavy (non-hydrogen) atoms. The van der Waals surface area contributed by atoms with Crippen LogP contribution >= 0.6 is 12.2 Å². The van der Waals surface area contributed by atoms with Gasteiger partial charge in [-0.2, -0.15) is 0 Å². The topological polar surface area (TPSA) is 27.7 Å². The number of benzene rings is 1. The predicted octanol–water partition coefficient (Wildman–Crippen LogP) is 4.31. The van der Waals surface area contributed by atoms with Crippen molar-refractivity contribution in [2.24, 2.45) is 0 Å². The molecule has 0 radical (unpaired) electrons. The van der Waals surface area contributed by atoms with Crippen LogP contribution in [0.25, 0.3) is 0 Å². The fourth-order valence-corrected chi connectivity index (χ4v) is 4.85. The van der Waals surface area contributed by atoms with Crippen LogP contribution in [0.1, 0.15) is 51.4 Å². The largest absolute Gasteiger partial charge is 0.490 e. The summed E-state index contributed by atoms with van der Waals surface area (Å²) >= 11 is 5.53. The lowest BCUT2D eigenvalue weighted by molar-refractivity contribution is 0.00893. The van der Waals surface area contributed by atoms with E-state index in [2.05, 4.69) is 39.4 Å². The van der Waals surface area contributed by atoms with Crippen molar-refractivity contribution in [3.63, 3.8) is 0 Å². The molecule has 2 aliphatic heterocycles. The maximum absolute atomic E-state index is 6.16. The van der Waals surface area contributed by atoms with E-state index in [1.807, 2.05) is 0 Å². The molecule has 2 saturated heterocycles. The van der Waals surface area contributed by atoms with Crippen molar-refractivity contribution < 1.29 is 4.74 Å². The number of nitrogens with zero attached hydrogens (tertiary/aromatic N) is 2. The molecule has 0 amide bonds. The Morgan fingerprint density at radius 2 is 1.56 bits per heavy atom. The summed E-state index contributed by atoms with van der Waals surface area (Å²) in [5.74, 6) is 0.976. The first kappa shape index (κ1) is 19.2. The number of hydrogen-bond acceptors (Lipinski definition) is 4. The average Bonchev–Trinajstić information content (AvgIpc) is 2.67. The normalized spacial score (nSPS) is 27.0. The summed E-state index contributed by atoms with van der Waals surface area (Å²) in [5, 5.41) is 3.38. The molecule has 2 heterocycles. The van der Waals surface area contributed by atoms with E-state index in [0.717, 1.165) is 29.0 Å². The minimum Gasteiger partial charge on any atom is -0.490 e. The molecule has 1 aromatic rings. The highest BCUT2D eigenvalue weighted by atomic mass is 32.1. The zero-order chi connectivity index (χ0) is 18.5. The second-order valence-electron chi connectivity index (χ2n) is 8.37. The minimum atomic E-state index is 0.385. The van der Waals surface area contributed by atoms with Crippen LogP contribution in [0.3, 0.4) is 0 Å². The maximum atomic E-state index is 6.16. The highest BCUT2D eigenvalue weighted by Crippen LogP contribution is 2.31. The second-order valence-corrected chi connectivity index (χ2v) is 8.86. The molecule has 1 aromatic carbocycles. The standard InChI is InChI=1S/C22H33N3OS/c27-22(17-24-11-3-1-4-12-24)23-18-7-9-20(10-8-18)26-21-15-19(16-21)25-13-5-2-6-14-25/h7-10,19,21H,1-6,11-17H2,(H,23,27). The first-order valence-electron chi connectivity index (χ1n) is 10.8. The number of likely N-dealkylation sites (tertiary alicyclic amines) is 2. The highest BCUT2D eigenvalue weighted by molar-refractivity contribution is 7.80. The molecule has 0 atom stereocenters. The van der Waals surface area contributed by atoms with Gasteiger partial charge in [-0.05, 0) is 76.1 Å². The highest BCUT2D eigenvalue weighted by Gasteiger charge is 2.35. The van der Waals surface area contributed by atoms with Crippen LogP contribution in [0.2, 0.25) is 0 Å². The Bertz CT molecular complexity index is 602. The van der Waals surface area contributed by atoms with Crippen LogP contribution in [0.5, 0.6) is 5.75 Å². The first-order valence-corrected chi connectivity index (χ1v) is 11.2. The quantitative estimate of drug-likeness (QED) is 0.735. The number of nitrogens with one attached hydrogen (secondary N) is 1. The van der Waals surface area contributed by atoms with Crippen molar-refractivity contribution in [3.8, 4) is 5.75 Å². The summed E-state index contributed by atoms with van der Waals surface area (Å²) < 4.78 is 6.16. The van der Waals surface area contributed by atoms with Gasteiger partial charge in [0.25, 0.3) is 0 Å². The molecular formula is C22H33N3OS. The van der Waals surface area contributed by atoms with Gasteiger partial charge in [0.1, 0.15) is 11.9 Å². The van der Waals surface area contributed by atoms with Crippen molar-refractivity contribution in [2.75, 3.05) is 38.0 Å². The summed E-state index contributed by atoms with van der Waals surface area (Å²) in [6, 6.07) is 9.06. The van der Waals surface area contributed by atoms with E-state index < -0.39 is 0 Å². The van der Waals surface area contributed by atoms with Gasteiger partial charge in [-0.1, -0.05) is 25.1 Å². The Labute approximate surface area is 169 Å². The Morgan fingerprint density at radius 3 is 2.22 bits per heavy atom. The van der Waals surface area contributed by atoms with Crippen LogP contribution in [-0.4, -0.2) is 59.7 Å². The SMILES string of the molecule is S=C(CN1CCCCC1)Nc1ccc(OC2CC(N3CCCCC3)C2)cc1. The molecule has 0 unspecified atom stereocenters. The molecule has 4 nitrogen and oxygen atoms in total. The molecule has 1 saturated carbocycles. The average molecular weight is 388 g/mol. The number of hydrogen-bond donors (Lipinski definition) is 1. The van der Waals surface area contributed by atoms with Gasteiger partial charge in [0.15, 0.2) is 0 Å². The summed E-state index contributed by atoms with van der Waals surface area (Å²) in [4.78, 5) is 6.03. The first-order chi connectivity index (χ1) is 13.3. The smallest absolute Gasteiger partial charge is 0.119 e. The Hall–Kier alpha value is -1.17. The van der Waals surface area contributed by atoms with Gasteiger partial charge in [0.05, 0.1) is 4.99 Å². The molecule has 148 valence electrons. The molecule has 0 bridgehead atoms. The zero-order valence-electron chi connectivity index (χ0n) is 16.4. The fourth-order valence-electron chi connectivity index (χ4n) is 4.55. The molecule has 3 aliphatic rings. The van der Waals surface area contributed by atoms with E-state index in [-0.39, 0.29) is 0 Å². The third-order valence-electron chi connectivity index (χ3n) is 6.23. The lowest BCUT2D eigenvalue weighted by Crippen LogP contribution is -2.50. The Balaban J connectivity index is 1.18. The Morgan fingerprint density at radius 1 is 0.926 bits per heavy atom. The van der Waals surface area contributed by atoms with Gasteiger partial charge in [0, 0.05) is 31.1 Å². The van der Waals surface area contributed by atoms with Gasteiger partial charge in [-0.25, -0.2) is 0 Å². The molecule has 1 N–H and O–H groups in total. The van der Waals surface area contributed by atoms with E-state index in [1.165, 1.54) is 77.5 Å². The van der Waals surface area contributed by atoms with Gasteiger partial charge in [-0.3, -0.25) is 4.90 Å². The molecule has 4 rings (SSSR count). The van der Waals surface area contributed by atoms with Gasteiger partial charge >= 0.3 is 0 Å². The summed E-state index contributed by atoms with van der Waals surface area (Å²) in [5.41, 5.74) is 1.06. The van der Waals surface area contributed by atoms with Crippen molar-refractivity contribution in [1.29, 1.82) is 0 Å². The summed E-state index contributed by atoms with van der Waals surface area (Å²) in [6.45, 7) is 5.79. The number of piperidine rings is 2. The van der Waals surface area contributed by atoms with Gasteiger partial charge < -0.3 is 15.0 Å². The molecule has 5 heteroatoms. The number of ether oxygens (including phenoxy) is 1. The van der Waals surface area contributed by atoms with Crippen LogP contribution in [0, 0.1) is 0 Å². The van der Waals surface area contributed by atoms with Crippen molar-refractivity contribution in [3.05, 3.63) is 24.3 Å². The van der Waals surface area contributed by atoms with E-state index in [0.29, 0.717) is 6.10 Å². The number of rotatable bonds is 6. The number of anilines is 1. The molecule has 3 fully saturated rings. The van der Waals surface area contributed by atoms with Crippen molar-refractivity contribution >= 4 is 22.9 Å². The molecule has 0 aromatic heterocycles. The monoisotopic (exact) mass is 387 g/mol. The minimum absolute atomic E-state index is 0.385. The lowest BCUT2D eigenvalue weighted by atomic mass is 9.86. The zero-order valence-corrected chi connectivity index (χ0v) is 17.2. The second kappa shape index (κ2) is 9.35. The summed E-state index contributed by atoms with van der Waals surface area (Å²) in [6.07, 6.45) is 10.9. The van der Waals surface area contributed by atoms with Crippen LogP contribution < -0.4 is 10.1 Å². The molecule has 1 aliphatic carbocycles. The van der Waals surface area contributed by atoms with Crippen molar-refractivity contribution in [2.45, 2.75) is 63.5 Å². The molecule has 0 spiro atoms. The number of thiocarbonyl (C=S) groups is 1. The maximum Gasteiger partial charge on any atom is 0.119 e. The van der Waals surface area contributed by atoms with E-state index in [9.17, 15) is 0 Å². The molecular weight excluding hydrogens is 354 g/mol. The third-order valence-corrected chi connectivity index (χ3v) is 6.46. The van der Waals surface area contributed by atoms with E-state index >= 15 is 0 Å². The Kier molecular flexibility index (Phi) is 6.64. The van der Waals surface area contributed by atoms with Gasteiger partial charge in [0.2, 0.25) is 0 Å². The van der Waals surface area contributed by atoms with Gasteiger partial charge in [-0.15, -0.1) is 0 Å². The third kappa shape index (κ3) is 5.43. The lowest BCUT2D eigenvalue weighted by Gasteiger charge is -2.44. The fraction of sp³-hybridized carbons (Fsp3) is 0.682. The van der Waals surface area contributed by atoms with Crippen LogP contribution in [0.4, 0.5) is 5.69 Å².